The van der Waals surface area contributed by atoms with Gasteiger partial charge in [0.1, 0.15) is 5.82 Å². The summed E-state index contributed by atoms with van der Waals surface area (Å²) in [6, 6.07) is 14.3. The molecule has 0 aliphatic carbocycles. The van der Waals surface area contributed by atoms with Gasteiger partial charge in [0.25, 0.3) is 0 Å². The quantitative estimate of drug-likeness (QED) is 0.524. The number of fused-ring (bicyclic) bond motifs is 3. The molecule has 4 heteroatoms. The van der Waals surface area contributed by atoms with Gasteiger partial charge in [0, 0.05) is 5.56 Å². The molecule has 0 atom stereocenters. The third-order valence-electron chi connectivity index (χ3n) is 3.37. The normalized spacial score (nSPS) is 11.2. The lowest BCUT2D eigenvalue weighted by Gasteiger charge is -2.05. The fraction of sp³-hybridized carbons (Fsp3) is 0. The van der Waals surface area contributed by atoms with Gasteiger partial charge in [0.15, 0.2) is 5.65 Å². The molecule has 0 amide bonds. The van der Waals surface area contributed by atoms with Crippen molar-refractivity contribution in [2.24, 2.45) is 0 Å². The van der Waals surface area contributed by atoms with E-state index >= 15 is 0 Å². The molecule has 0 aliphatic rings. The van der Waals surface area contributed by atoms with Gasteiger partial charge in [-0.1, -0.05) is 12.1 Å². The van der Waals surface area contributed by atoms with Crippen LogP contribution < -0.4 is 0 Å². The summed E-state index contributed by atoms with van der Waals surface area (Å²) in [4.78, 5) is 8.76. The highest BCUT2D eigenvalue weighted by molar-refractivity contribution is 5.80. The highest BCUT2D eigenvalue weighted by Crippen LogP contribution is 2.24. The zero-order valence-electron chi connectivity index (χ0n) is 10.5. The van der Waals surface area contributed by atoms with Crippen molar-refractivity contribution in [2.75, 3.05) is 0 Å². The monoisotopic (exact) mass is 263 g/mol. The van der Waals surface area contributed by atoms with E-state index in [4.69, 9.17) is 0 Å². The van der Waals surface area contributed by atoms with Crippen molar-refractivity contribution in [1.82, 2.24) is 14.4 Å². The lowest BCUT2D eigenvalue weighted by Crippen LogP contribution is -1.93. The lowest BCUT2D eigenvalue weighted by molar-refractivity contribution is 0.628. The SMILES string of the molecule is Fc1ccc(-c2cnc3cnc4ccccc4n23)cc1. The highest BCUT2D eigenvalue weighted by atomic mass is 19.1. The number of benzene rings is 2. The summed E-state index contributed by atoms with van der Waals surface area (Å²) in [7, 11) is 0. The van der Waals surface area contributed by atoms with E-state index in [1.807, 2.05) is 28.7 Å². The van der Waals surface area contributed by atoms with Gasteiger partial charge in [-0.2, -0.15) is 0 Å². The highest BCUT2D eigenvalue weighted by Gasteiger charge is 2.09. The molecule has 2 aromatic heterocycles. The Morgan fingerprint density at radius 2 is 1.65 bits per heavy atom. The summed E-state index contributed by atoms with van der Waals surface area (Å²) in [6.07, 6.45) is 3.53. The number of imidazole rings is 1. The predicted molar refractivity (Wildman–Crippen MR) is 75.9 cm³/mol. The molecule has 0 saturated heterocycles. The summed E-state index contributed by atoms with van der Waals surface area (Å²) < 4.78 is 15.1. The van der Waals surface area contributed by atoms with Crippen molar-refractivity contribution in [2.45, 2.75) is 0 Å². The van der Waals surface area contributed by atoms with Crippen LogP contribution in [0.2, 0.25) is 0 Å². The van der Waals surface area contributed by atoms with Crippen LogP contribution in [-0.2, 0) is 0 Å². The zero-order valence-corrected chi connectivity index (χ0v) is 10.5. The molecule has 0 unspecified atom stereocenters. The summed E-state index contributed by atoms with van der Waals surface area (Å²) in [6.45, 7) is 0. The van der Waals surface area contributed by atoms with Crippen molar-refractivity contribution in [1.29, 1.82) is 0 Å². The Morgan fingerprint density at radius 3 is 2.50 bits per heavy atom. The van der Waals surface area contributed by atoms with E-state index in [1.165, 1.54) is 12.1 Å². The van der Waals surface area contributed by atoms with Crippen LogP contribution >= 0.6 is 0 Å². The van der Waals surface area contributed by atoms with Gasteiger partial charge in [-0.3, -0.25) is 9.38 Å². The van der Waals surface area contributed by atoms with Crippen LogP contribution in [-0.4, -0.2) is 14.4 Å². The Hall–Kier alpha value is -2.75. The molecule has 3 nitrogen and oxygen atoms in total. The van der Waals surface area contributed by atoms with Gasteiger partial charge < -0.3 is 0 Å². The van der Waals surface area contributed by atoms with E-state index in [2.05, 4.69) is 9.97 Å². The number of para-hydroxylation sites is 2. The first-order valence-electron chi connectivity index (χ1n) is 6.30. The summed E-state index contributed by atoms with van der Waals surface area (Å²) in [5.74, 6) is -0.242. The number of hydrogen-bond donors (Lipinski definition) is 0. The second-order valence-electron chi connectivity index (χ2n) is 4.59. The molecule has 0 radical (unpaired) electrons. The van der Waals surface area contributed by atoms with Gasteiger partial charge in [-0.15, -0.1) is 0 Å². The number of aromatic nitrogens is 3. The molecule has 0 fully saturated rings. The van der Waals surface area contributed by atoms with Crippen LogP contribution in [0.5, 0.6) is 0 Å². The third kappa shape index (κ3) is 1.58. The topological polar surface area (TPSA) is 30.2 Å². The van der Waals surface area contributed by atoms with Crippen LogP contribution in [0.3, 0.4) is 0 Å². The minimum atomic E-state index is -0.242. The molecule has 0 saturated carbocycles. The molecule has 20 heavy (non-hydrogen) atoms. The van der Waals surface area contributed by atoms with E-state index in [9.17, 15) is 4.39 Å². The summed E-state index contributed by atoms with van der Waals surface area (Å²) >= 11 is 0. The average molecular weight is 263 g/mol. The van der Waals surface area contributed by atoms with Crippen molar-refractivity contribution in [3.63, 3.8) is 0 Å². The maximum atomic E-state index is 13.1. The first kappa shape index (κ1) is 11.1. The molecule has 2 heterocycles. The fourth-order valence-corrected chi connectivity index (χ4v) is 2.42. The van der Waals surface area contributed by atoms with Crippen LogP contribution in [0.1, 0.15) is 0 Å². The largest absolute Gasteiger partial charge is 0.289 e. The molecule has 2 aromatic carbocycles. The van der Waals surface area contributed by atoms with E-state index in [1.54, 1.807) is 24.5 Å². The van der Waals surface area contributed by atoms with E-state index < -0.39 is 0 Å². The molecular weight excluding hydrogens is 253 g/mol. The van der Waals surface area contributed by atoms with Crippen LogP contribution in [0, 0.1) is 5.82 Å². The van der Waals surface area contributed by atoms with Crippen LogP contribution in [0.4, 0.5) is 4.39 Å². The average Bonchev–Trinajstić information content (AvgIpc) is 2.92. The minimum Gasteiger partial charge on any atom is -0.289 e. The van der Waals surface area contributed by atoms with Gasteiger partial charge in [-0.05, 0) is 36.4 Å². The maximum Gasteiger partial charge on any atom is 0.156 e. The molecule has 4 rings (SSSR count). The Balaban J connectivity index is 2.09. The van der Waals surface area contributed by atoms with Crippen molar-refractivity contribution < 1.29 is 4.39 Å². The second-order valence-corrected chi connectivity index (χ2v) is 4.59. The summed E-state index contributed by atoms with van der Waals surface area (Å²) in [5.41, 5.74) is 4.53. The number of hydrogen-bond acceptors (Lipinski definition) is 2. The Kier molecular flexibility index (Phi) is 2.29. The summed E-state index contributed by atoms with van der Waals surface area (Å²) in [5, 5.41) is 0. The first-order valence-corrected chi connectivity index (χ1v) is 6.30. The molecule has 0 bridgehead atoms. The molecule has 0 spiro atoms. The van der Waals surface area contributed by atoms with E-state index in [0.717, 1.165) is 27.9 Å². The smallest absolute Gasteiger partial charge is 0.156 e. The standard InChI is InChI=1S/C16H10FN3/c17-12-7-5-11(6-8-12)15-9-19-16-10-18-13-3-1-2-4-14(13)20(15)16/h1-10H. The molecule has 4 aromatic rings. The predicted octanol–water partition coefficient (Wildman–Crippen LogP) is 3.69. The van der Waals surface area contributed by atoms with Crippen molar-refractivity contribution in [3.05, 3.63) is 66.7 Å². The van der Waals surface area contributed by atoms with E-state index in [-0.39, 0.29) is 5.82 Å². The Bertz CT molecular complexity index is 910. The van der Waals surface area contributed by atoms with Gasteiger partial charge in [-0.25, -0.2) is 9.37 Å². The van der Waals surface area contributed by atoms with Crippen molar-refractivity contribution >= 4 is 16.7 Å². The number of halogens is 1. The lowest BCUT2D eigenvalue weighted by atomic mass is 10.1. The first-order chi connectivity index (χ1) is 9.83. The second kappa shape index (κ2) is 4.13. The van der Waals surface area contributed by atoms with E-state index in [0.29, 0.717) is 0 Å². The number of nitrogens with zero attached hydrogens (tertiary/aromatic N) is 3. The Labute approximate surface area is 114 Å². The van der Waals surface area contributed by atoms with Crippen LogP contribution in [0.25, 0.3) is 27.9 Å². The van der Waals surface area contributed by atoms with Gasteiger partial charge in [0.2, 0.25) is 0 Å². The van der Waals surface area contributed by atoms with Crippen molar-refractivity contribution in [3.8, 4) is 11.3 Å². The fourth-order valence-electron chi connectivity index (χ4n) is 2.42. The molecular formula is C16H10FN3. The van der Waals surface area contributed by atoms with Gasteiger partial charge >= 0.3 is 0 Å². The molecule has 0 N–H and O–H groups in total. The zero-order chi connectivity index (χ0) is 13.5. The Morgan fingerprint density at radius 1 is 0.850 bits per heavy atom. The van der Waals surface area contributed by atoms with Gasteiger partial charge in [0.05, 0.1) is 29.1 Å². The maximum absolute atomic E-state index is 13.1. The van der Waals surface area contributed by atoms with Crippen LogP contribution in [0.15, 0.2) is 60.9 Å². The molecule has 0 aliphatic heterocycles. The minimum absolute atomic E-state index is 0.242. The molecule has 96 valence electrons. The third-order valence-corrected chi connectivity index (χ3v) is 3.37. The number of rotatable bonds is 1.